The zero-order valence-corrected chi connectivity index (χ0v) is 13.7. The number of carbonyl (C=O) groups is 1. The summed E-state index contributed by atoms with van der Waals surface area (Å²) in [6, 6.07) is 8.99. The lowest BCUT2D eigenvalue weighted by Crippen LogP contribution is -2.29. The highest BCUT2D eigenvalue weighted by Crippen LogP contribution is 2.22. The molecule has 2 aromatic rings. The molecule has 2 unspecified atom stereocenters. The molecule has 5 nitrogen and oxygen atoms in total. The van der Waals surface area contributed by atoms with Crippen molar-refractivity contribution < 1.29 is 13.4 Å². The van der Waals surface area contributed by atoms with Crippen molar-refractivity contribution >= 4 is 16.7 Å². The highest BCUT2D eigenvalue weighted by Gasteiger charge is 2.20. The Morgan fingerprint density at radius 2 is 2.00 bits per heavy atom. The minimum atomic E-state index is -1.00. The Kier molecular flexibility index (Phi) is 5.15. The van der Waals surface area contributed by atoms with Crippen LogP contribution in [0.25, 0.3) is 0 Å². The second-order valence-corrected chi connectivity index (χ2v) is 6.50. The standard InChI is InChI=1S/C16H20N2O3S/c1-11(12-4-6-15(7-5-12)22(3)20)18(2)16(19)13-8-14(9-17)21-10-13/h4-8,10-11H,9,17H2,1-3H3. The Morgan fingerprint density at radius 1 is 1.36 bits per heavy atom. The van der Waals surface area contributed by atoms with E-state index in [-0.39, 0.29) is 18.5 Å². The maximum absolute atomic E-state index is 12.4. The number of amides is 1. The number of hydrogen-bond donors (Lipinski definition) is 1. The number of nitrogens with two attached hydrogens (primary N) is 1. The molecule has 0 spiro atoms. The van der Waals surface area contributed by atoms with Gasteiger partial charge in [-0.25, -0.2) is 0 Å². The average molecular weight is 320 g/mol. The molecule has 2 atom stereocenters. The van der Waals surface area contributed by atoms with Gasteiger partial charge >= 0.3 is 0 Å². The van der Waals surface area contributed by atoms with Gasteiger partial charge in [0.05, 0.1) is 18.2 Å². The van der Waals surface area contributed by atoms with Gasteiger partial charge in [-0.05, 0) is 30.7 Å². The second kappa shape index (κ2) is 6.89. The Morgan fingerprint density at radius 3 is 2.50 bits per heavy atom. The molecular formula is C16H20N2O3S. The minimum Gasteiger partial charge on any atom is -0.467 e. The normalized spacial score (nSPS) is 13.6. The fraction of sp³-hybridized carbons (Fsp3) is 0.312. The van der Waals surface area contributed by atoms with E-state index in [2.05, 4.69) is 0 Å². The van der Waals surface area contributed by atoms with Crippen LogP contribution < -0.4 is 5.73 Å². The largest absolute Gasteiger partial charge is 0.467 e. The lowest BCUT2D eigenvalue weighted by Gasteiger charge is -2.25. The summed E-state index contributed by atoms with van der Waals surface area (Å²) < 4.78 is 16.6. The van der Waals surface area contributed by atoms with Gasteiger partial charge in [-0.1, -0.05) is 12.1 Å². The summed E-state index contributed by atoms with van der Waals surface area (Å²) in [5, 5.41) is 0. The molecule has 0 radical (unpaired) electrons. The molecule has 1 aromatic carbocycles. The molecule has 118 valence electrons. The molecule has 0 aliphatic carbocycles. The van der Waals surface area contributed by atoms with Gasteiger partial charge in [0.1, 0.15) is 12.0 Å². The fourth-order valence-corrected chi connectivity index (χ4v) is 2.66. The Balaban J connectivity index is 2.15. The van der Waals surface area contributed by atoms with Crippen LogP contribution in [0.5, 0.6) is 0 Å². The van der Waals surface area contributed by atoms with E-state index in [0.717, 1.165) is 10.5 Å². The summed E-state index contributed by atoms with van der Waals surface area (Å²) in [4.78, 5) is 14.9. The van der Waals surface area contributed by atoms with Gasteiger partial charge in [-0.2, -0.15) is 0 Å². The summed E-state index contributed by atoms with van der Waals surface area (Å²) in [6.07, 6.45) is 3.07. The van der Waals surface area contributed by atoms with Crippen LogP contribution in [0.3, 0.4) is 0 Å². The van der Waals surface area contributed by atoms with E-state index in [9.17, 15) is 9.00 Å². The van der Waals surface area contributed by atoms with Gasteiger partial charge in [0.15, 0.2) is 0 Å². The number of benzene rings is 1. The molecule has 1 aromatic heterocycles. The molecule has 0 saturated heterocycles. The van der Waals surface area contributed by atoms with Gasteiger partial charge in [-0.15, -0.1) is 0 Å². The van der Waals surface area contributed by atoms with Crippen LogP contribution in [0, 0.1) is 0 Å². The smallest absolute Gasteiger partial charge is 0.257 e. The van der Waals surface area contributed by atoms with Crippen molar-refractivity contribution in [1.29, 1.82) is 0 Å². The predicted molar refractivity (Wildman–Crippen MR) is 85.9 cm³/mol. The van der Waals surface area contributed by atoms with Crippen LogP contribution in [0.2, 0.25) is 0 Å². The molecule has 0 aliphatic heterocycles. The van der Waals surface area contributed by atoms with Crippen molar-refractivity contribution in [2.75, 3.05) is 13.3 Å². The average Bonchev–Trinajstić information content (AvgIpc) is 3.01. The van der Waals surface area contributed by atoms with E-state index in [1.807, 2.05) is 31.2 Å². The van der Waals surface area contributed by atoms with Crippen molar-refractivity contribution in [1.82, 2.24) is 4.90 Å². The van der Waals surface area contributed by atoms with Crippen molar-refractivity contribution in [3.63, 3.8) is 0 Å². The van der Waals surface area contributed by atoms with Crippen LogP contribution in [0.15, 0.2) is 45.9 Å². The van der Waals surface area contributed by atoms with Crippen LogP contribution >= 0.6 is 0 Å². The Labute approximate surface area is 132 Å². The van der Waals surface area contributed by atoms with Crippen LogP contribution in [0.4, 0.5) is 0 Å². The first-order valence-corrected chi connectivity index (χ1v) is 8.48. The molecule has 0 fully saturated rings. The van der Waals surface area contributed by atoms with E-state index >= 15 is 0 Å². The molecule has 0 saturated carbocycles. The Bertz CT molecular complexity index is 679. The van der Waals surface area contributed by atoms with E-state index < -0.39 is 10.8 Å². The summed E-state index contributed by atoms with van der Waals surface area (Å²) >= 11 is 0. The quantitative estimate of drug-likeness (QED) is 0.917. The first kappa shape index (κ1) is 16.5. The zero-order chi connectivity index (χ0) is 16.3. The molecule has 22 heavy (non-hydrogen) atoms. The third-order valence-corrected chi connectivity index (χ3v) is 4.63. The van der Waals surface area contributed by atoms with Crippen LogP contribution in [-0.4, -0.2) is 28.3 Å². The summed E-state index contributed by atoms with van der Waals surface area (Å²) in [5.41, 5.74) is 6.95. The maximum Gasteiger partial charge on any atom is 0.257 e. The van der Waals surface area contributed by atoms with Crippen LogP contribution in [0.1, 0.15) is 34.6 Å². The molecule has 2 rings (SSSR count). The zero-order valence-electron chi connectivity index (χ0n) is 12.9. The van der Waals surface area contributed by atoms with E-state index in [1.165, 1.54) is 6.26 Å². The van der Waals surface area contributed by atoms with Gasteiger partial charge in [0.2, 0.25) is 0 Å². The number of hydrogen-bond acceptors (Lipinski definition) is 4. The molecule has 2 N–H and O–H groups in total. The van der Waals surface area contributed by atoms with Crippen molar-refractivity contribution in [3.05, 3.63) is 53.5 Å². The third kappa shape index (κ3) is 3.45. The number of furan rings is 1. The van der Waals surface area contributed by atoms with Crippen molar-refractivity contribution in [2.24, 2.45) is 5.73 Å². The lowest BCUT2D eigenvalue weighted by molar-refractivity contribution is 0.0742. The first-order valence-electron chi connectivity index (χ1n) is 6.92. The van der Waals surface area contributed by atoms with Gasteiger partial charge < -0.3 is 15.1 Å². The monoisotopic (exact) mass is 320 g/mol. The van der Waals surface area contributed by atoms with E-state index in [0.29, 0.717) is 11.3 Å². The number of nitrogens with zero attached hydrogens (tertiary/aromatic N) is 1. The van der Waals surface area contributed by atoms with E-state index in [4.69, 9.17) is 10.2 Å². The van der Waals surface area contributed by atoms with Gasteiger partial charge in [-0.3, -0.25) is 9.00 Å². The maximum atomic E-state index is 12.4. The molecule has 1 heterocycles. The molecule has 0 bridgehead atoms. The topological polar surface area (TPSA) is 76.5 Å². The van der Waals surface area contributed by atoms with Gasteiger partial charge in [0.25, 0.3) is 5.91 Å². The van der Waals surface area contributed by atoms with E-state index in [1.54, 1.807) is 24.3 Å². The summed E-state index contributed by atoms with van der Waals surface area (Å²) in [6.45, 7) is 2.21. The number of carbonyl (C=O) groups excluding carboxylic acids is 1. The third-order valence-electron chi connectivity index (χ3n) is 3.70. The molecular weight excluding hydrogens is 300 g/mol. The highest BCUT2D eigenvalue weighted by atomic mass is 32.2. The Hall–Kier alpha value is -1.92. The fourth-order valence-electron chi connectivity index (χ4n) is 2.14. The number of rotatable bonds is 5. The lowest BCUT2D eigenvalue weighted by atomic mass is 10.1. The summed E-state index contributed by atoms with van der Waals surface area (Å²) in [7, 11) is 0.741. The van der Waals surface area contributed by atoms with Crippen molar-refractivity contribution in [2.45, 2.75) is 24.4 Å². The predicted octanol–water partition coefficient (Wildman–Crippen LogP) is 2.31. The van der Waals surface area contributed by atoms with Crippen LogP contribution in [-0.2, 0) is 17.3 Å². The first-order chi connectivity index (χ1) is 10.4. The minimum absolute atomic E-state index is 0.108. The second-order valence-electron chi connectivity index (χ2n) is 5.12. The van der Waals surface area contributed by atoms with Crippen molar-refractivity contribution in [3.8, 4) is 0 Å². The highest BCUT2D eigenvalue weighted by molar-refractivity contribution is 7.84. The summed E-state index contributed by atoms with van der Waals surface area (Å²) in [5.74, 6) is 0.457. The molecule has 1 amide bonds. The molecule has 0 aliphatic rings. The molecule has 6 heteroatoms. The van der Waals surface area contributed by atoms with Gasteiger partial charge in [0, 0.05) is 29.0 Å². The SMILES string of the molecule is CC(c1ccc(S(C)=O)cc1)N(C)C(=O)c1coc(CN)c1.